The summed E-state index contributed by atoms with van der Waals surface area (Å²) < 4.78 is 26.9. The number of morpholine rings is 1. The van der Waals surface area contributed by atoms with Crippen molar-refractivity contribution in [1.82, 2.24) is 4.90 Å². The maximum atomic E-state index is 12.5. The van der Waals surface area contributed by atoms with Crippen molar-refractivity contribution in [3.63, 3.8) is 0 Å². The first-order valence-electron chi connectivity index (χ1n) is 9.91. The molecule has 0 bridgehead atoms. The molecule has 1 atom stereocenters. The molecule has 3 rings (SSSR count). The molecule has 31 heavy (non-hydrogen) atoms. The van der Waals surface area contributed by atoms with Gasteiger partial charge < -0.3 is 28.5 Å². The van der Waals surface area contributed by atoms with Crippen LogP contribution in [0.4, 0.5) is 0 Å². The molecule has 2 heterocycles. The van der Waals surface area contributed by atoms with Crippen molar-refractivity contribution in [2.75, 3.05) is 47.6 Å². The first-order chi connectivity index (χ1) is 15.0. The monoisotopic (exact) mass is 433 g/mol. The number of carbonyl (C=O) groups excluding carboxylic acids is 1. The predicted molar refractivity (Wildman–Crippen MR) is 111 cm³/mol. The summed E-state index contributed by atoms with van der Waals surface area (Å²) in [5.41, 5.74) is -0.0254. The summed E-state index contributed by atoms with van der Waals surface area (Å²) in [6.45, 7) is 3.00. The molecule has 1 N–H and O–H groups in total. The van der Waals surface area contributed by atoms with Crippen LogP contribution >= 0.6 is 0 Å². The Morgan fingerprint density at radius 1 is 1.16 bits per heavy atom. The minimum absolute atomic E-state index is 0.00961. The lowest BCUT2D eigenvalue weighted by Crippen LogP contribution is -2.35. The zero-order chi connectivity index (χ0) is 22.4. The number of ether oxygens (including phenoxy) is 4. The van der Waals surface area contributed by atoms with E-state index < -0.39 is 23.1 Å². The Labute approximate surface area is 180 Å². The minimum Gasteiger partial charge on any atom is -0.502 e. The van der Waals surface area contributed by atoms with E-state index in [9.17, 15) is 14.7 Å². The van der Waals surface area contributed by atoms with Gasteiger partial charge >= 0.3 is 5.97 Å². The van der Waals surface area contributed by atoms with Crippen LogP contribution in [0.2, 0.25) is 0 Å². The highest BCUT2D eigenvalue weighted by molar-refractivity contribution is 5.71. The second-order valence-corrected chi connectivity index (χ2v) is 7.12. The van der Waals surface area contributed by atoms with Crippen LogP contribution in [0.25, 0.3) is 0 Å². The number of carbonyl (C=O) groups is 1. The lowest BCUT2D eigenvalue weighted by molar-refractivity contribution is -0.140. The smallest absolute Gasteiger partial charge is 0.306 e. The van der Waals surface area contributed by atoms with Crippen molar-refractivity contribution >= 4 is 5.97 Å². The number of hydrogen-bond acceptors (Lipinski definition) is 9. The fourth-order valence-corrected chi connectivity index (χ4v) is 3.55. The van der Waals surface area contributed by atoms with Gasteiger partial charge in [0.25, 0.3) is 0 Å². The molecule has 1 aliphatic heterocycles. The number of benzene rings is 1. The number of rotatable bonds is 8. The quantitative estimate of drug-likeness (QED) is 0.624. The predicted octanol–water partition coefficient (Wildman–Crippen LogP) is 1.89. The lowest BCUT2D eigenvalue weighted by Gasteiger charge is -2.26. The highest BCUT2D eigenvalue weighted by atomic mass is 16.5. The topological polar surface area (TPSA) is 108 Å². The number of hydrogen-bond donors (Lipinski definition) is 1. The first kappa shape index (κ1) is 22.6. The summed E-state index contributed by atoms with van der Waals surface area (Å²) in [7, 11) is 4.29. The van der Waals surface area contributed by atoms with Crippen LogP contribution in [-0.4, -0.2) is 63.6 Å². The molecule has 1 aliphatic rings. The zero-order valence-electron chi connectivity index (χ0n) is 17.9. The normalized spacial score (nSPS) is 15.3. The standard InChI is InChI=1S/C22H27NO8/c1-27-14-4-5-16(19(11-14)28-2)17(12-20(25)29-3)22-21(26)18(24)10-15(31-22)13-23-6-8-30-9-7-23/h4-5,10-11,17,26H,6-9,12-13H2,1-3H3. The third-order valence-corrected chi connectivity index (χ3v) is 5.21. The van der Waals surface area contributed by atoms with E-state index in [4.69, 9.17) is 23.4 Å². The summed E-state index contributed by atoms with van der Waals surface area (Å²) in [6.07, 6.45) is -0.156. The molecule has 168 valence electrons. The molecule has 2 aromatic rings. The minimum atomic E-state index is -0.800. The lowest BCUT2D eigenvalue weighted by atomic mass is 9.91. The first-order valence-corrected chi connectivity index (χ1v) is 9.91. The second-order valence-electron chi connectivity index (χ2n) is 7.12. The largest absolute Gasteiger partial charge is 0.502 e. The average molecular weight is 433 g/mol. The van der Waals surface area contributed by atoms with Crippen molar-refractivity contribution in [2.45, 2.75) is 18.9 Å². The van der Waals surface area contributed by atoms with Crippen molar-refractivity contribution in [2.24, 2.45) is 0 Å². The van der Waals surface area contributed by atoms with Gasteiger partial charge in [-0.1, -0.05) is 6.07 Å². The van der Waals surface area contributed by atoms with Crippen molar-refractivity contribution in [3.8, 4) is 17.2 Å². The highest BCUT2D eigenvalue weighted by Crippen LogP contribution is 2.39. The second kappa shape index (κ2) is 10.3. The Morgan fingerprint density at radius 3 is 2.55 bits per heavy atom. The number of esters is 1. The number of nitrogens with zero attached hydrogens (tertiary/aromatic N) is 1. The van der Waals surface area contributed by atoms with Crippen LogP contribution in [-0.2, 0) is 20.8 Å². The van der Waals surface area contributed by atoms with Crippen LogP contribution in [0.3, 0.4) is 0 Å². The summed E-state index contributed by atoms with van der Waals surface area (Å²) in [5.74, 6) is -0.503. The Hall–Kier alpha value is -3.04. The molecule has 0 amide bonds. The van der Waals surface area contributed by atoms with Gasteiger partial charge in [-0.2, -0.15) is 0 Å². The zero-order valence-corrected chi connectivity index (χ0v) is 17.9. The van der Waals surface area contributed by atoms with Gasteiger partial charge in [0.05, 0.1) is 53.4 Å². The van der Waals surface area contributed by atoms with E-state index in [1.807, 2.05) is 0 Å². The third kappa shape index (κ3) is 5.36. The number of aromatic hydroxyl groups is 1. The van der Waals surface area contributed by atoms with Gasteiger partial charge in [0.1, 0.15) is 17.3 Å². The van der Waals surface area contributed by atoms with Gasteiger partial charge in [-0.25, -0.2) is 0 Å². The molecule has 0 aliphatic carbocycles. The summed E-state index contributed by atoms with van der Waals surface area (Å²) in [6, 6.07) is 6.34. The summed E-state index contributed by atoms with van der Waals surface area (Å²) in [5, 5.41) is 10.6. The van der Waals surface area contributed by atoms with Crippen LogP contribution in [0.15, 0.2) is 33.5 Å². The Bertz CT molecular complexity index is 964. The summed E-state index contributed by atoms with van der Waals surface area (Å²) in [4.78, 5) is 26.8. The maximum Gasteiger partial charge on any atom is 0.306 e. The molecule has 1 fully saturated rings. The van der Waals surface area contributed by atoms with Crippen molar-refractivity contribution < 1.29 is 33.3 Å². The molecular formula is C22H27NO8. The Kier molecular flexibility index (Phi) is 7.54. The molecule has 1 aromatic heterocycles. The average Bonchev–Trinajstić information content (AvgIpc) is 2.80. The molecule has 0 spiro atoms. The van der Waals surface area contributed by atoms with E-state index in [0.29, 0.717) is 55.7 Å². The summed E-state index contributed by atoms with van der Waals surface area (Å²) >= 11 is 0. The third-order valence-electron chi connectivity index (χ3n) is 5.21. The van der Waals surface area contributed by atoms with E-state index >= 15 is 0 Å². The van der Waals surface area contributed by atoms with E-state index in [0.717, 1.165) is 0 Å². The van der Waals surface area contributed by atoms with Crippen molar-refractivity contribution in [3.05, 3.63) is 51.6 Å². The van der Waals surface area contributed by atoms with E-state index in [2.05, 4.69) is 4.90 Å². The maximum absolute atomic E-state index is 12.5. The van der Waals surface area contributed by atoms with Gasteiger partial charge in [-0.3, -0.25) is 14.5 Å². The van der Waals surface area contributed by atoms with Gasteiger partial charge in [-0.15, -0.1) is 0 Å². The SMILES string of the molecule is COC(=O)CC(c1ccc(OC)cc1OC)c1oc(CN2CCOCC2)cc(=O)c1O. The van der Waals surface area contributed by atoms with Crippen molar-refractivity contribution in [1.29, 1.82) is 0 Å². The molecule has 0 radical (unpaired) electrons. The van der Waals surface area contributed by atoms with Gasteiger partial charge in [0, 0.05) is 30.8 Å². The number of methoxy groups -OCH3 is 3. The van der Waals surface area contributed by atoms with Crippen LogP contribution in [0.1, 0.15) is 29.4 Å². The molecule has 1 aromatic carbocycles. The fourth-order valence-electron chi connectivity index (χ4n) is 3.55. The van der Waals surface area contributed by atoms with E-state index in [1.54, 1.807) is 18.2 Å². The highest BCUT2D eigenvalue weighted by Gasteiger charge is 2.29. The van der Waals surface area contributed by atoms with Gasteiger partial charge in [0.2, 0.25) is 11.2 Å². The van der Waals surface area contributed by atoms with Gasteiger partial charge in [-0.05, 0) is 6.07 Å². The Morgan fingerprint density at radius 2 is 1.90 bits per heavy atom. The van der Waals surface area contributed by atoms with Crippen LogP contribution in [0, 0.1) is 0 Å². The molecule has 0 saturated carbocycles. The van der Waals surface area contributed by atoms with E-state index in [-0.39, 0.29) is 12.2 Å². The van der Waals surface area contributed by atoms with Gasteiger partial charge in [0.15, 0.2) is 5.76 Å². The molecule has 9 heteroatoms. The Balaban J connectivity index is 2.06. The van der Waals surface area contributed by atoms with Crippen LogP contribution < -0.4 is 14.9 Å². The molecule has 1 saturated heterocycles. The fraction of sp³-hybridized carbons (Fsp3) is 0.455. The molecule has 1 unspecified atom stereocenters. The molecule has 9 nitrogen and oxygen atoms in total. The van der Waals surface area contributed by atoms with Crippen LogP contribution in [0.5, 0.6) is 17.2 Å². The van der Waals surface area contributed by atoms with E-state index in [1.165, 1.54) is 27.4 Å². The molecular weight excluding hydrogens is 406 g/mol.